The van der Waals surface area contributed by atoms with Crippen LogP contribution in [0.5, 0.6) is 5.75 Å². The lowest BCUT2D eigenvalue weighted by molar-refractivity contribution is -0.113. The van der Waals surface area contributed by atoms with Crippen molar-refractivity contribution in [3.63, 3.8) is 0 Å². The smallest absolute Gasteiger partial charge is 0.234 e. The van der Waals surface area contributed by atoms with Gasteiger partial charge in [0.15, 0.2) is 0 Å². The molecule has 0 atom stereocenters. The van der Waals surface area contributed by atoms with Crippen LogP contribution in [0.3, 0.4) is 0 Å². The Balaban J connectivity index is 1.68. The Bertz CT molecular complexity index is 1350. The number of amides is 1. The van der Waals surface area contributed by atoms with Crippen molar-refractivity contribution in [2.24, 2.45) is 0 Å². The number of rotatable bonds is 7. The van der Waals surface area contributed by atoms with Crippen molar-refractivity contribution in [3.05, 3.63) is 95.5 Å². The van der Waals surface area contributed by atoms with Crippen LogP contribution in [0.25, 0.3) is 22.4 Å². The number of aromatic nitrogens is 1. The molecule has 1 N–H and O–H groups in total. The number of carbonyl (C=O) groups is 1. The lowest BCUT2D eigenvalue weighted by Gasteiger charge is -2.13. The van der Waals surface area contributed by atoms with Gasteiger partial charge in [0.25, 0.3) is 0 Å². The normalized spacial score (nSPS) is 10.4. The molecule has 3 aromatic carbocycles. The number of benzene rings is 3. The summed E-state index contributed by atoms with van der Waals surface area (Å²) in [6.45, 7) is 0. The number of nitrogens with zero attached hydrogens (tertiary/aromatic N) is 2. The first-order chi connectivity index (χ1) is 16.6. The maximum absolute atomic E-state index is 12.7. The zero-order valence-electron chi connectivity index (χ0n) is 18.3. The number of hydrogen-bond acceptors (Lipinski definition) is 5. The molecule has 1 heterocycles. The van der Waals surface area contributed by atoms with E-state index in [0.717, 1.165) is 16.7 Å². The maximum Gasteiger partial charge on any atom is 0.234 e. The predicted octanol–water partition coefficient (Wildman–Crippen LogP) is 6.68. The molecular formula is C27H20ClN3O2S. The number of thioether (sulfide) groups is 1. The first-order valence-electron chi connectivity index (χ1n) is 10.4. The fourth-order valence-electron chi connectivity index (χ4n) is 3.42. The molecule has 1 aromatic heterocycles. The highest BCUT2D eigenvalue weighted by molar-refractivity contribution is 8.00. The molecule has 0 aliphatic rings. The highest BCUT2D eigenvalue weighted by Crippen LogP contribution is 2.34. The second kappa shape index (κ2) is 10.9. The van der Waals surface area contributed by atoms with Gasteiger partial charge in [0.1, 0.15) is 16.8 Å². The summed E-state index contributed by atoms with van der Waals surface area (Å²) in [5, 5.41) is 14.0. The third-order valence-corrected chi connectivity index (χ3v) is 6.27. The molecule has 0 radical (unpaired) electrons. The standard InChI is InChI=1S/C27H20ClN3O2S/c1-33-25-10-6-5-9-23(25)30-26(32)17-34-27-22(16-29)21(18-7-3-2-4-8-18)15-24(31-27)19-11-13-20(28)14-12-19/h2-15H,17H2,1H3,(H,30,32). The summed E-state index contributed by atoms with van der Waals surface area (Å²) >= 11 is 7.28. The number of carbonyl (C=O) groups excluding carboxylic acids is 1. The average Bonchev–Trinajstić information content (AvgIpc) is 2.88. The Morgan fingerprint density at radius 2 is 1.74 bits per heavy atom. The molecule has 0 aliphatic carbocycles. The zero-order chi connectivity index (χ0) is 23.9. The summed E-state index contributed by atoms with van der Waals surface area (Å²) < 4.78 is 5.30. The van der Waals surface area contributed by atoms with Crippen molar-refractivity contribution in [1.29, 1.82) is 5.26 Å². The average molecular weight is 486 g/mol. The quantitative estimate of drug-likeness (QED) is 0.295. The van der Waals surface area contributed by atoms with E-state index in [0.29, 0.717) is 32.7 Å². The van der Waals surface area contributed by atoms with Crippen molar-refractivity contribution in [1.82, 2.24) is 4.98 Å². The number of ether oxygens (including phenoxy) is 1. The molecule has 0 spiro atoms. The molecular weight excluding hydrogens is 466 g/mol. The topological polar surface area (TPSA) is 75.0 Å². The van der Waals surface area contributed by atoms with Gasteiger partial charge < -0.3 is 10.1 Å². The third-order valence-electron chi connectivity index (χ3n) is 5.04. The molecule has 0 saturated heterocycles. The van der Waals surface area contributed by atoms with Gasteiger partial charge in [0.2, 0.25) is 5.91 Å². The van der Waals surface area contributed by atoms with Gasteiger partial charge >= 0.3 is 0 Å². The molecule has 0 bridgehead atoms. The molecule has 0 aliphatic heterocycles. The lowest BCUT2D eigenvalue weighted by atomic mass is 9.99. The summed E-state index contributed by atoms with van der Waals surface area (Å²) in [7, 11) is 1.55. The van der Waals surface area contributed by atoms with Crippen molar-refractivity contribution in [2.45, 2.75) is 5.03 Å². The molecule has 5 nitrogen and oxygen atoms in total. The fraction of sp³-hybridized carbons (Fsp3) is 0.0741. The van der Waals surface area contributed by atoms with Crippen LogP contribution in [0.4, 0.5) is 5.69 Å². The van der Waals surface area contributed by atoms with E-state index in [-0.39, 0.29) is 11.7 Å². The first-order valence-corrected chi connectivity index (χ1v) is 11.8. The minimum Gasteiger partial charge on any atom is -0.495 e. The van der Waals surface area contributed by atoms with Crippen LogP contribution in [-0.4, -0.2) is 23.8 Å². The van der Waals surface area contributed by atoms with Crippen molar-refractivity contribution in [3.8, 4) is 34.2 Å². The van der Waals surface area contributed by atoms with Crippen molar-refractivity contribution < 1.29 is 9.53 Å². The minimum absolute atomic E-state index is 0.0814. The number of methoxy groups -OCH3 is 1. The Labute approximate surface area is 207 Å². The maximum atomic E-state index is 12.7. The van der Waals surface area contributed by atoms with E-state index < -0.39 is 0 Å². The molecule has 168 valence electrons. The fourth-order valence-corrected chi connectivity index (χ4v) is 4.34. The molecule has 4 aromatic rings. The molecule has 34 heavy (non-hydrogen) atoms. The van der Waals surface area contributed by atoms with Gasteiger partial charge in [-0.05, 0) is 35.9 Å². The Morgan fingerprint density at radius 1 is 1.03 bits per heavy atom. The number of pyridine rings is 1. The SMILES string of the molecule is COc1ccccc1NC(=O)CSc1nc(-c2ccc(Cl)cc2)cc(-c2ccccc2)c1C#N. The summed E-state index contributed by atoms with van der Waals surface area (Å²) in [5.74, 6) is 0.434. The highest BCUT2D eigenvalue weighted by Gasteiger charge is 2.17. The number of nitrogens with one attached hydrogen (secondary N) is 1. The van der Waals surface area contributed by atoms with Crippen LogP contribution in [0.2, 0.25) is 5.02 Å². The van der Waals surface area contributed by atoms with E-state index in [1.807, 2.05) is 60.7 Å². The second-order valence-electron chi connectivity index (χ2n) is 7.26. The minimum atomic E-state index is -0.224. The molecule has 1 amide bonds. The summed E-state index contributed by atoms with van der Waals surface area (Å²) in [5.41, 5.74) is 4.24. The number of hydrogen-bond donors (Lipinski definition) is 1. The molecule has 7 heteroatoms. The monoisotopic (exact) mass is 485 g/mol. The number of para-hydroxylation sites is 2. The van der Waals surface area contributed by atoms with E-state index in [1.54, 1.807) is 31.4 Å². The van der Waals surface area contributed by atoms with Gasteiger partial charge in [0, 0.05) is 16.1 Å². The van der Waals surface area contributed by atoms with Crippen LogP contribution in [0, 0.1) is 11.3 Å². The van der Waals surface area contributed by atoms with Gasteiger partial charge in [-0.1, -0.05) is 78.0 Å². The molecule has 4 rings (SSSR count). The van der Waals surface area contributed by atoms with Crippen LogP contribution < -0.4 is 10.1 Å². The van der Waals surface area contributed by atoms with Gasteiger partial charge in [-0.3, -0.25) is 4.79 Å². The van der Waals surface area contributed by atoms with Crippen molar-refractivity contribution in [2.75, 3.05) is 18.2 Å². The Kier molecular flexibility index (Phi) is 7.48. The second-order valence-corrected chi connectivity index (χ2v) is 8.66. The first kappa shape index (κ1) is 23.4. The van der Waals surface area contributed by atoms with Crippen LogP contribution in [0.15, 0.2) is 90.0 Å². The highest BCUT2D eigenvalue weighted by atomic mass is 35.5. The van der Waals surface area contributed by atoms with Gasteiger partial charge in [-0.15, -0.1) is 0 Å². The van der Waals surface area contributed by atoms with E-state index in [1.165, 1.54) is 11.8 Å². The summed E-state index contributed by atoms with van der Waals surface area (Å²) in [4.78, 5) is 17.4. The van der Waals surface area contributed by atoms with Crippen LogP contribution in [-0.2, 0) is 4.79 Å². The largest absolute Gasteiger partial charge is 0.495 e. The molecule has 0 fully saturated rings. The Hall–Kier alpha value is -3.79. The Morgan fingerprint density at radius 3 is 2.44 bits per heavy atom. The summed E-state index contributed by atoms with van der Waals surface area (Å²) in [6, 6.07) is 28.4. The van der Waals surface area contributed by atoms with Gasteiger partial charge in [-0.25, -0.2) is 4.98 Å². The van der Waals surface area contributed by atoms with E-state index in [2.05, 4.69) is 11.4 Å². The van der Waals surface area contributed by atoms with E-state index >= 15 is 0 Å². The number of nitriles is 1. The predicted molar refractivity (Wildman–Crippen MR) is 137 cm³/mol. The third kappa shape index (κ3) is 5.40. The van der Waals surface area contributed by atoms with Crippen molar-refractivity contribution >= 4 is 35.0 Å². The zero-order valence-corrected chi connectivity index (χ0v) is 19.9. The number of anilines is 1. The lowest BCUT2D eigenvalue weighted by Crippen LogP contribution is -2.15. The van der Waals surface area contributed by atoms with E-state index in [4.69, 9.17) is 21.3 Å². The van der Waals surface area contributed by atoms with E-state index in [9.17, 15) is 10.1 Å². The van der Waals surface area contributed by atoms with Gasteiger partial charge in [0.05, 0.1) is 29.8 Å². The number of halogens is 1. The molecule has 0 unspecified atom stereocenters. The van der Waals surface area contributed by atoms with Crippen LogP contribution >= 0.6 is 23.4 Å². The summed E-state index contributed by atoms with van der Waals surface area (Å²) in [6.07, 6.45) is 0. The molecule has 0 saturated carbocycles. The van der Waals surface area contributed by atoms with Crippen LogP contribution in [0.1, 0.15) is 5.56 Å². The van der Waals surface area contributed by atoms with Gasteiger partial charge in [-0.2, -0.15) is 5.26 Å².